The summed E-state index contributed by atoms with van der Waals surface area (Å²) >= 11 is 0. The highest BCUT2D eigenvalue weighted by Crippen LogP contribution is 2.28. The van der Waals surface area contributed by atoms with E-state index in [2.05, 4.69) is 16.0 Å². The van der Waals surface area contributed by atoms with Crippen molar-refractivity contribution in [2.45, 2.75) is 6.92 Å². The lowest BCUT2D eigenvalue weighted by Crippen LogP contribution is -2.36. The Morgan fingerprint density at radius 2 is 1.80 bits per heavy atom. The Bertz CT molecular complexity index is 477. The number of ether oxygens (including phenoxy) is 2. The molecular formula is C13H19N3O4. The second-order valence-corrected chi connectivity index (χ2v) is 3.93. The summed E-state index contributed by atoms with van der Waals surface area (Å²) in [6.07, 6.45) is 0. The molecule has 110 valence electrons. The van der Waals surface area contributed by atoms with Gasteiger partial charge in [0.2, 0.25) is 5.91 Å². The first-order chi connectivity index (χ1) is 9.56. The summed E-state index contributed by atoms with van der Waals surface area (Å²) < 4.78 is 10.2. The van der Waals surface area contributed by atoms with Crippen molar-refractivity contribution in [2.24, 2.45) is 0 Å². The monoisotopic (exact) mass is 281 g/mol. The molecule has 0 heterocycles. The molecule has 7 nitrogen and oxygen atoms in total. The van der Waals surface area contributed by atoms with Gasteiger partial charge < -0.3 is 25.4 Å². The number of rotatable bonds is 6. The number of urea groups is 1. The normalized spacial score (nSPS) is 9.55. The Labute approximate surface area is 117 Å². The number of methoxy groups -OCH3 is 2. The number of hydrogen-bond donors (Lipinski definition) is 3. The number of carbonyl (C=O) groups is 2. The molecule has 0 unspecified atom stereocenters. The number of benzene rings is 1. The zero-order chi connectivity index (χ0) is 15.0. The van der Waals surface area contributed by atoms with Gasteiger partial charge in [0.25, 0.3) is 0 Å². The minimum Gasteiger partial charge on any atom is -0.497 e. The summed E-state index contributed by atoms with van der Waals surface area (Å²) in [6, 6.07) is 4.71. The van der Waals surface area contributed by atoms with Gasteiger partial charge in [0.05, 0.1) is 19.9 Å². The van der Waals surface area contributed by atoms with E-state index in [9.17, 15) is 9.59 Å². The van der Waals surface area contributed by atoms with Crippen LogP contribution in [-0.2, 0) is 4.79 Å². The lowest BCUT2D eigenvalue weighted by Gasteiger charge is -2.12. The van der Waals surface area contributed by atoms with Crippen LogP contribution in [-0.4, -0.2) is 39.2 Å². The second-order valence-electron chi connectivity index (χ2n) is 3.93. The zero-order valence-electron chi connectivity index (χ0n) is 11.8. The van der Waals surface area contributed by atoms with Gasteiger partial charge >= 0.3 is 6.03 Å². The molecule has 0 aliphatic heterocycles. The molecule has 0 radical (unpaired) electrons. The highest BCUT2D eigenvalue weighted by molar-refractivity contribution is 5.91. The summed E-state index contributed by atoms with van der Waals surface area (Å²) in [5.74, 6) is 1.00. The van der Waals surface area contributed by atoms with E-state index in [4.69, 9.17) is 9.47 Å². The summed E-state index contributed by atoms with van der Waals surface area (Å²) in [7, 11) is 3.06. The van der Waals surface area contributed by atoms with Crippen molar-refractivity contribution in [3.05, 3.63) is 18.2 Å². The molecule has 0 saturated carbocycles. The third kappa shape index (κ3) is 5.05. The van der Waals surface area contributed by atoms with Crippen molar-refractivity contribution in [3.8, 4) is 11.5 Å². The molecule has 0 aliphatic carbocycles. The van der Waals surface area contributed by atoms with Crippen molar-refractivity contribution < 1.29 is 19.1 Å². The Hall–Kier alpha value is -2.44. The maximum Gasteiger partial charge on any atom is 0.319 e. The molecular weight excluding hydrogens is 262 g/mol. The first-order valence-electron chi connectivity index (χ1n) is 6.08. The number of carbonyl (C=O) groups excluding carboxylic acids is 2. The summed E-state index contributed by atoms with van der Waals surface area (Å²) in [4.78, 5) is 22.4. The van der Waals surface area contributed by atoms with Crippen LogP contribution in [0.2, 0.25) is 0 Å². The van der Waals surface area contributed by atoms with Crippen LogP contribution in [0.1, 0.15) is 6.92 Å². The average Bonchev–Trinajstić information content (AvgIpc) is 2.43. The third-order valence-corrected chi connectivity index (χ3v) is 2.44. The van der Waals surface area contributed by atoms with Crippen LogP contribution in [0.15, 0.2) is 18.2 Å². The number of nitrogens with one attached hydrogen (secondary N) is 3. The molecule has 0 spiro atoms. The minimum absolute atomic E-state index is 0.137. The molecule has 0 aliphatic rings. The maximum atomic E-state index is 11.7. The van der Waals surface area contributed by atoms with Gasteiger partial charge in [-0.25, -0.2) is 4.79 Å². The fraction of sp³-hybridized carbons (Fsp3) is 0.385. The second kappa shape index (κ2) is 7.88. The van der Waals surface area contributed by atoms with Crippen LogP contribution in [0, 0.1) is 0 Å². The van der Waals surface area contributed by atoms with E-state index >= 15 is 0 Å². The first-order valence-corrected chi connectivity index (χ1v) is 6.08. The van der Waals surface area contributed by atoms with Crippen LogP contribution < -0.4 is 25.4 Å². The molecule has 20 heavy (non-hydrogen) atoms. The fourth-order valence-corrected chi connectivity index (χ4v) is 1.49. The smallest absolute Gasteiger partial charge is 0.319 e. The molecule has 3 amide bonds. The summed E-state index contributed by atoms with van der Waals surface area (Å²) in [6.45, 7) is 2.12. The van der Waals surface area contributed by atoms with E-state index in [-0.39, 0.29) is 11.9 Å². The fourth-order valence-electron chi connectivity index (χ4n) is 1.49. The van der Waals surface area contributed by atoms with Gasteiger partial charge in [-0.1, -0.05) is 0 Å². The van der Waals surface area contributed by atoms with Crippen molar-refractivity contribution in [2.75, 3.05) is 32.6 Å². The quantitative estimate of drug-likeness (QED) is 0.678. The molecule has 0 bridgehead atoms. The SMILES string of the molecule is COc1ccc(OC)c(NC(=O)NCCNC(C)=O)c1. The first kappa shape index (κ1) is 15.6. The van der Waals surface area contributed by atoms with E-state index < -0.39 is 0 Å². The van der Waals surface area contributed by atoms with E-state index in [0.29, 0.717) is 30.3 Å². The van der Waals surface area contributed by atoms with Crippen LogP contribution in [0.5, 0.6) is 11.5 Å². The van der Waals surface area contributed by atoms with E-state index in [1.54, 1.807) is 25.3 Å². The highest BCUT2D eigenvalue weighted by Gasteiger charge is 2.08. The molecule has 3 N–H and O–H groups in total. The average molecular weight is 281 g/mol. The van der Waals surface area contributed by atoms with Crippen LogP contribution in [0.3, 0.4) is 0 Å². The molecule has 1 aromatic carbocycles. The van der Waals surface area contributed by atoms with Crippen molar-refractivity contribution in [3.63, 3.8) is 0 Å². The van der Waals surface area contributed by atoms with Crippen molar-refractivity contribution >= 4 is 17.6 Å². The van der Waals surface area contributed by atoms with Gasteiger partial charge in [0.1, 0.15) is 11.5 Å². The Kier molecular flexibility index (Phi) is 6.15. The predicted octanol–water partition coefficient (Wildman–Crippen LogP) is 0.961. The highest BCUT2D eigenvalue weighted by atomic mass is 16.5. The van der Waals surface area contributed by atoms with Gasteiger partial charge in [-0.15, -0.1) is 0 Å². The molecule has 7 heteroatoms. The number of anilines is 1. The number of amides is 3. The van der Waals surface area contributed by atoms with Gasteiger partial charge in [-0.2, -0.15) is 0 Å². The van der Waals surface area contributed by atoms with E-state index in [1.165, 1.54) is 14.0 Å². The minimum atomic E-state index is -0.387. The van der Waals surface area contributed by atoms with Crippen molar-refractivity contribution in [1.29, 1.82) is 0 Å². The largest absolute Gasteiger partial charge is 0.497 e. The van der Waals surface area contributed by atoms with Crippen LogP contribution >= 0.6 is 0 Å². The summed E-state index contributed by atoms with van der Waals surface area (Å²) in [5.41, 5.74) is 0.504. The van der Waals surface area contributed by atoms with Gasteiger partial charge in [0.15, 0.2) is 0 Å². The topological polar surface area (TPSA) is 88.7 Å². The van der Waals surface area contributed by atoms with Crippen molar-refractivity contribution in [1.82, 2.24) is 10.6 Å². The van der Waals surface area contributed by atoms with E-state index in [0.717, 1.165) is 0 Å². The Morgan fingerprint density at radius 3 is 2.40 bits per heavy atom. The third-order valence-electron chi connectivity index (χ3n) is 2.44. The molecule has 0 saturated heterocycles. The molecule has 1 aromatic rings. The summed E-state index contributed by atoms with van der Waals surface area (Å²) in [5, 5.41) is 7.85. The molecule has 0 atom stereocenters. The molecule has 0 aromatic heterocycles. The lowest BCUT2D eigenvalue weighted by atomic mass is 10.2. The van der Waals surface area contributed by atoms with Crippen LogP contribution in [0.4, 0.5) is 10.5 Å². The predicted molar refractivity (Wildman–Crippen MR) is 75.3 cm³/mol. The molecule has 1 rings (SSSR count). The lowest BCUT2D eigenvalue weighted by molar-refractivity contribution is -0.118. The molecule has 0 fully saturated rings. The van der Waals surface area contributed by atoms with Crippen LogP contribution in [0.25, 0.3) is 0 Å². The van der Waals surface area contributed by atoms with E-state index in [1.807, 2.05) is 0 Å². The number of hydrogen-bond acceptors (Lipinski definition) is 4. The maximum absolute atomic E-state index is 11.7. The van der Waals surface area contributed by atoms with Gasteiger partial charge in [-0.3, -0.25) is 4.79 Å². The van der Waals surface area contributed by atoms with Gasteiger partial charge in [-0.05, 0) is 12.1 Å². The standard InChI is InChI=1S/C13H19N3O4/c1-9(17)14-6-7-15-13(18)16-11-8-10(19-2)4-5-12(11)20-3/h4-5,8H,6-7H2,1-3H3,(H,14,17)(H2,15,16,18). The Balaban J connectivity index is 2.54. The zero-order valence-corrected chi connectivity index (χ0v) is 11.8. The van der Waals surface area contributed by atoms with Gasteiger partial charge in [0, 0.05) is 26.1 Å². The Morgan fingerprint density at radius 1 is 1.10 bits per heavy atom.